The Morgan fingerprint density at radius 1 is 1.29 bits per heavy atom. The molecule has 0 saturated heterocycles. The highest BCUT2D eigenvalue weighted by Crippen LogP contribution is 2.20. The molecule has 0 amide bonds. The average molecular weight is 233 g/mol. The number of aliphatic hydroxyl groups is 1. The van der Waals surface area contributed by atoms with Gasteiger partial charge in [-0.05, 0) is 24.1 Å². The van der Waals surface area contributed by atoms with Gasteiger partial charge in [0.05, 0.1) is 6.10 Å². The second-order valence-corrected chi connectivity index (χ2v) is 3.77. The fourth-order valence-corrected chi connectivity index (χ4v) is 1.49. The summed E-state index contributed by atoms with van der Waals surface area (Å²) < 4.78 is 10.2. The van der Waals surface area contributed by atoms with Crippen LogP contribution in [-0.2, 0) is 6.61 Å². The van der Waals surface area contributed by atoms with Gasteiger partial charge in [-0.1, -0.05) is 24.2 Å². The first-order valence-electron chi connectivity index (χ1n) is 5.59. The summed E-state index contributed by atoms with van der Waals surface area (Å²) in [6.07, 6.45) is 1.82. The van der Waals surface area contributed by atoms with Crippen molar-refractivity contribution in [3.63, 3.8) is 0 Å². The van der Waals surface area contributed by atoms with Crippen LogP contribution < -0.4 is 4.74 Å². The first-order valence-corrected chi connectivity index (χ1v) is 5.59. The van der Waals surface area contributed by atoms with Crippen LogP contribution in [0.2, 0.25) is 0 Å². The molecule has 4 nitrogen and oxygen atoms in total. The van der Waals surface area contributed by atoms with E-state index >= 15 is 0 Å². The number of hydrogen-bond donors (Lipinski definition) is 1. The predicted octanol–water partition coefficient (Wildman–Crippen LogP) is 2.70. The second kappa shape index (κ2) is 5.50. The molecule has 0 aliphatic rings. The maximum absolute atomic E-state index is 9.64. The van der Waals surface area contributed by atoms with Gasteiger partial charge in [0, 0.05) is 6.07 Å². The summed E-state index contributed by atoms with van der Waals surface area (Å²) in [4.78, 5) is 0. The molecule has 1 atom stereocenters. The van der Waals surface area contributed by atoms with Crippen LogP contribution in [0.4, 0.5) is 0 Å². The van der Waals surface area contributed by atoms with Crippen LogP contribution in [0.25, 0.3) is 0 Å². The van der Waals surface area contributed by atoms with Crippen LogP contribution in [0.15, 0.2) is 41.1 Å². The zero-order valence-corrected chi connectivity index (χ0v) is 9.67. The Labute approximate surface area is 99.8 Å². The molecule has 0 bridgehead atoms. The monoisotopic (exact) mass is 233 g/mol. The van der Waals surface area contributed by atoms with Crippen molar-refractivity contribution in [3.05, 3.63) is 47.9 Å². The van der Waals surface area contributed by atoms with E-state index in [1.54, 1.807) is 6.07 Å². The highest BCUT2D eigenvalue weighted by Gasteiger charge is 2.04. The largest absolute Gasteiger partial charge is 0.487 e. The molecule has 0 aliphatic heterocycles. The number of benzene rings is 1. The van der Waals surface area contributed by atoms with Gasteiger partial charge >= 0.3 is 0 Å². The zero-order valence-electron chi connectivity index (χ0n) is 9.67. The van der Waals surface area contributed by atoms with Gasteiger partial charge in [-0.3, -0.25) is 0 Å². The fourth-order valence-electron chi connectivity index (χ4n) is 1.49. The third kappa shape index (κ3) is 3.07. The highest BCUT2D eigenvalue weighted by molar-refractivity contribution is 5.28. The van der Waals surface area contributed by atoms with Crippen molar-refractivity contribution in [2.24, 2.45) is 0 Å². The minimum Gasteiger partial charge on any atom is -0.487 e. The van der Waals surface area contributed by atoms with Crippen molar-refractivity contribution in [3.8, 4) is 5.75 Å². The minimum absolute atomic E-state index is 0.381. The lowest BCUT2D eigenvalue weighted by Crippen LogP contribution is -1.97. The molecule has 4 heteroatoms. The van der Waals surface area contributed by atoms with Crippen LogP contribution in [0, 0.1) is 0 Å². The third-order valence-corrected chi connectivity index (χ3v) is 2.53. The van der Waals surface area contributed by atoms with Crippen LogP contribution in [0.3, 0.4) is 0 Å². The van der Waals surface area contributed by atoms with Gasteiger partial charge < -0.3 is 14.4 Å². The van der Waals surface area contributed by atoms with Crippen molar-refractivity contribution < 1.29 is 14.4 Å². The van der Waals surface area contributed by atoms with E-state index in [1.807, 2.05) is 31.2 Å². The highest BCUT2D eigenvalue weighted by atomic mass is 16.5. The number of aromatic nitrogens is 1. The Balaban J connectivity index is 1.94. The Bertz CT molecular complexity index is 436. The summed E-state index contributed by atoms with van der Waals surface area (Å²) in [5.74, 6) is 0.750. The number of hydrogen-bond acceptors (Lipinski definition) is 4. The maximum atomic E-state index is 9.64. The Morgan fingerprint density at radius 3 is 2.65 bits per heavy atom. The van der Waals surface area contributed by atoms with Gasteiger partial charge in [0.1, 0.15) is 24.3 Å². The van der Waals surface area contributed by atoms with Crippen molar-refractivity contribution in [1.82, 2.24) is 5.16 Å². The summed E-state index contributed by atoms with van der Waals surface area (Å²) in [5, 5.41) is 13.4. The van der Waals surface area contributed by atoms with E-state index in [0.717, 1.165) is 17.0 Å². The van der Waals surface area contributed by atoms with E-state index in [1.165, 1.54) is 6.26 Å². The minimum atomic E-state index is -0.403. The van der Waals surface area contributed by atoms with Crippen LogP contribution >= 0.6 is 0 Å². The molecule has 1 aromatic heterocycles. The molecule has 2 aromatic rings. The third-order valence-electron chi connectivity index (χ3n) is 2.53. The van der Waals surface area contributed by atoms with E-state index in [-0.39, 0.29) is 0 Å². The smallest absolute Gasteiger partial charge is 0.134 e. The lowest BCUT2D eigenvalue weighted by Gasteiger charge is -2.09. The van der Waals surface area contributed by atoms with Crippen molar-refractivity contribution in [1.29, 1.82) is 0 Å². The Morgan fingerprint density at radius 2 is 2.06 bits per heavy atom. The fraction of sp³-hybridized carbons (Fsp3) is 0.308. The van der Waals surface area contributed by atoms with Crippen molar-refractivity contribution in [2.75, 3.05) is 0 Å². The Hall–Kier alpha value is -1.81. The lowest BCUT2D eigenvalue weighted by molar-refractivity contribution is 0.173. The van der Waals surface area contributed by atoms with Gasteiger partial charge in [-0.25, -0.2) is 0 Å². The average Bonchev–Trinajstić information content (AvgIpc) is 2.89. The summed E-state index contributed by atoms with van der Waals surface area (Å²) in [6, 6.07) is 9.18. The molecule has 1 unspecified atom stereocenters. The molecule has 2 rings (SSSR count). The first kappa shape index (κ1) is 11.7. The molecule has 17 heavy (non-hydrogen) atoms. The van der Waals surface area contributed by atoms with Gasteiger partial charge in [0.25, 0.3) is 0 Å². The maximum Gasteiger partial charge on any atom is 0.134 e. The van der Waals surface area contributed by atoms with Gasteiger partial charge in [0.2, 0.25) is 0 Å². The molecule has 90 valence electrons. The summed E-state index contributed by atoms with van der Waals surface area (Å²) >= 11 is 0. The topological polar surface area (TPSA) is 55.5 Å². The summed E-state index contributed by atoms with van der Waals surface area (Å²) in [5.41, 5.74) is 1.66. The van der Waals surface area contributed by atoms with Crippen molar-refractivity contribution in [2.45, 2.75) is 26.1 Å². The Kier molecular flexibility index (Phi) is 3.77. The molecular weight excluding hydrogens is 218 g/mol. The van der Waals surface area contributed by atoms with Crippen molar-refractivity contribution >= 4 is 0 Å². The summed E-state index contributed by atoms with van der Waals surface area (Å²) in [7, 11) is 0. The standard InChI is InChI=1S/C13H15NO3/c1-2-13(15)10-3-5-12(6-4-10)16-9-11-7-8-17-14-11/h3-8,13,15H,2,9H2,1H3. The first-order chi connectivity index (χ1) is 8.29. The molecule has 1 heterocycles. The number of rotatable bonds is 5. The van der Waals surface area contributed by atoms with E-state index in [4.69, 9.17) is 9.26 Å². The van der Waals surface area contributed by atoms with E-state index in [0.29, 0.717) is 13.0 Å². The SMILES string of the molecule is CCC(O)c1ccc(OCc2ccon2)cc1. The number of ether oxygens (including phenoxy) is 1. The molecule has 0 spiro atoms. The molecule has 1 N–H and O–H groups in total. The van der Waals surface area contributed by atoms with Gasteiger partial charge in [0.15, 0.2) is 0 Å². The van der Waals surface area contributed by atoms with E-state index in [2.05, 4.69) is 5.16 Å². The normalized spacial score (nSPS) is 12.4. The van der Waals surface area contributed by atoms with E-state index < -0.39 is 6.10 Å². The van der Waals surface area contributed by atoms with E-state index in [9.17, 15) is 5.11 Å². The molecule has 0 radical (unpaired) electrons. The molecule has 0 saturated carbocycles. The molecule has 1 aromatic carbocycles. The van der Waals surface area contributed by atoms with Gasteiger partial charge in [-0.15, -0.1) is 0 Å². The van der Waals surface area contributed by atoms with Crippen LogP contribution in [0.1, 0.15) is 30.7 Å². The quantitative estimate of drug-likeness (QED) is 0.862. The lowest BCUT2D eigenvalue weighted by atomic mass is 10.1. The predicted molar refractivity (Wildman–Crippen MR) is 62.5 cm³/mol. The summed E-state index contributed by atoms with van der Waals surface area (Å²) in [6.45, 7) is 2.33. The van der Waals surface area contributed by atoms with Crippen LogP contribution in [-0.4, -0.2) is 10.3 Å². The van der Waals surface area contributed by atoms with Gasteiger partial charge in [-0.2, -0.15) is 0 Å². The number of nitrogens with zero attached hydrogens (tertiary/aromatic N) is 1. The van der Waals surface area contributed by atoms with Crippen LogP contribution in [0.5, 0.6) is 5.75 Å². The molecular formula is C13H15NO3. The zero-order chi connectivity index (χ0) is 12.1. The second-order valence-electron chi connectivity index (χ2n) is 3.77. The number of aliphatic hydroxyl groups excluding tert-OH is 1. The molecule has 0 fully saturated rings. The molecule has 0 aliphatic carbocycles.